The molecule has 9 heteroatoms. The Bertz CT molecular complexity index is 721. The number of aromatic nitrogens is 3. The Morgan fingerprint density at radius 2 is 2.08 bits per heavy atom. The van der Waals surface area contributed by atoms with Crippen molar-refractivity contribution >= 4 is 23.6 Å². The van der Waals surface area contributed by atoms with Gasteiger partial charge in [0.15, 0.2) is 5.16 Å². The quantitative estimate of drug-likeness (QED) is 0.628. The summed E-state index contributed by atoms with van der Waals surface area (Å²) >= 11 is 1.27. The van der Waals surface area contributed by atoms with E-state index in [9.17, 15) is 14.9 Å². The maximum absolute atomic E-state index is 12.5. The molecule has 1 aromatic heterocycles. The average molecular weight is 379 g/mol. The van der Waals surface area contributed by atoms with Crippen molar-refractivity contribution in [1.29, 1.82) is 5.26 Å². The van der Waals surface area contributed by atoms with Gasteiger partial charge in [0.25, 0.3) is 0 Å². The van der Waals surface area contributed by atoms with Crippen LogP contribution in [0.25, 0.3) is 0 Å². The summed E-state index contributed by atoms with van der Waals surface area (Å²) in [7, 11) is 0. The topological polar surface area (TPSA) is 127 Å². The Labute approximate surface area is 157 Å². The molecule has 142 valence electrons. The molecule has 2 amide bonds. The van der Waals surface area contributed by atoms with Gasteiger partial charge < -0.3 is 15.6 Å². The number of hydrogen-bond acceptors (Lipinski definition) is 6. The summed E-state index contributed by atoms with van der Waals surface area (Å²) in [4.78, 5) is 23.7. The molecule has 0 unspecified atom stereocenters. The van der Waals surface area contributed by atoms with Crippen LogP contribution in [0, 0.1) is 17.2 Å². The van der Waals surface area contributed by atoms with Gasteiger partial charge in [-0.3, -0.25) is 9.59 Å². The fraction of sp³-hybridized carbons (Fsp3) is 0.706. The van der Waals surface area contributed by atoms with Gasteiger partial charge in [0.1, 0.15) is 11.4 Å². The minimum Gasteiger partial charge on any atom is -0.370 e. The van der Waals surface area contributed by atoms with Crippen LogP contribution in [0.2, 0.25) is 0 Å². The van der Waals surface area contributed by atoms with Gasteiger partial charge in [-0.05, 0) is 32.6 Å². The maximum Gasteiger partial charge on any atom is 0.234 e. The first-order valence-electron chi connectivity index (χ1n) is 8.79. The molecule has 1 aliphatic carbocycles. The highest BCUT2D eigenvalue weighted by Crippen LogP contribution is 2.40. The van der Waals surface area contributed by atoms with Crippen molar-refractivity contribution in [2.24, 2.45) is 11.7 Å². The summed E-state index contributed by atoms with van der Waals surface area (Å²) in [5.74, 6) is 0.588. The van der Waals surface area contributed by atoms with Crippen molar-refractivity contribution in [3.8, 4) is 6.07 Å². The van der Waals surface area contributed by atoms with Crippen molar-refractivity contribution < 1.29 is 9.59 Å². The van der Waals surface area contributed by atoms with E-state index in [-0.39, 0.29) is 24.2 Å². The summed E-state index contributed by atoms with van der Waals surface area (Å²) in [6, 6.07) is 2.17. The summed E-state index contributed by atoms with van der Waals surface area (Å²) in [6.45, 7) is 7.68. The van der Waals surface area contributed by atoms with Gasteiger partial charge in [0.05, 0.1) is 11.3 Å². The normalized spacial score (nSPS) is 17.4. The fourth-order valence-corrected chi connectivity index (χ4v) is 3.22. The predicted molar refractivity (Wildman–Crippen MR) is 98.1 cm³/mol. The lowest BCUT2D eigenvalue weighted by atomic mass is 9.90. The minimum absolute atomic E-state index is 0.0191. The van der Waals surface area contributed by atoms with E-state index in [1.54, 1.807) is 13.8 Å². The van der Waals surface area contributed by atoms with Crippen LogP contribution in [0.3, 0.4) is 0 Å². The molecule has 0 saturated heterocycles. The van der Waals surface area contributed by atoms with E-state index in [4.69, 9.17) is 5.73 Å². The van der Waals surface area contributed by atoms with Crippen molar-refractivity contribution in [3.63, 3.8) is 0 Å². The second-order valence-electron chi connectivity index (χ2n) is 7.20. The number of carbonyl (C=O) groups excluding carboxylic acids is 2. The van der Waals surface area contributed by atoms with Gasteiger partial charge in [0, 0.05) is 18.9 Å². The van der Waals surface area contributed by atoms with Crippen molar-refractivity contribution in [1.82, 2.24) is 20.1 Å². The van der Waals surface area contributed by atoms with Gasteiger partial charge in [-0.15, -0.1) is 10.2 Å². The van der Waals surface area contributed by atoms with Crippen molar-refractivity contribution in [3.05, 3.63) is 5.82 Å². The van der Waals surface area contributed by atoms with Crippen LogP contribution in [-0.2, 0) is 16.1 Å². The Balaban J connectivity index is 2.10. The largest absolute Gasteiger partial charge is 0.370 e. The molecule has 1 aliphatic rings. The molecule has 1 saturated carbocycles. The monoisotopic (exact) mass is 378 g/mol. The molecular weight excluding hydrogens is 352 g/mol. The third-order valence-corrected chi connectivity index (χ3v) is 5.77. The third kappa shape index (κ3) is 4.75. The number of rotatable bonds is 9. The lowest BCUT2D eigenvalue weighted by Gasteiger charge is -2.28. The van der Waals surface area contributed by atoms with Crippen LogP contribution >= 0.6 is 11.8 Å². The lowest BCUT2D eigenvalue weighted by Crippen LogP contribution is -2.51. The molecule has 26 heavy (non-hydrogen) atoms. The Morgan fingerprint density at radius 3 is 2.58 bits per heavy atom. The summed E-state index contributed by atoms with van der Waals surface area (Å²) < 4.78 is 1.89. The van der Waals surface area contributed by atoms with Crippen molar-refractivity contribution in [2.75, 3.05) is 0 Å². The molecule has 0 radical (unpaired) electrons. The van der Waals surface area contributed by atoms with Gasteiger partial charge in [-0.25, -0.2) is 0 Å². The van der Waals surface area contributed by atoms with Crippen LogP contribution in [-0.4, -0.2) is 37.4 Å². The second-order valence-corrected chi connectivity index (χ2v) is 8.51. The predicted octanol–water partition coefficient (Wildman–Crippen LogP) is 1.57. The molecule has 1 fully saturated rings. The number of hydrogen-bond donors (Lipinski definition) is 2. The average Bonchev–Trinajstić information content (AvgIpc) is 3.34. The summed E-state index contributed by atoms with van der Waals surface area (Å²) in [5.41, 5.74) is 4.34. The SMILES string of the molecule is CC(C)[C@@](C)(C#N)NC(=O)[C@H](C)Sc1nnc(C2CC2)n1CCC(N)=O. The Hall–Kier alpha value is -2.08. The van der Waals surface area contributed by atoms with Crippen LogP contribution in [0.15, 0.2) is 5.16 Å². The number of nitrogens with zero attached hydrogens (tertiary/aromatic N) is 4. The smallest absolute Gasteiger partial charge is 0.234 e. The highest BCUT2D eigenvalue weighted by atomic mass is 32.2. The van der Waals surface area contributed by atoms with E-state index in [0.29, 0.717) is 17.6 Å². The van der Waals surface area contributed by atoms with E-state index < -0.39 is 10.8 Å². The third-order valence-electron chi connectivity index (χ3n) is 4.69. The molecule has 1 aromatic rings. The Kier molecular flexibility index (Phi) is 6.29. The zero-order valence-corrected chi connectivity index (χ0v) is 16.5. The zero-order valence-electron chi connectivity index (χ0n) is 15.7. The van der Waals surface area contributed by atoms with E-state index in [1.807, 2.05) is 18.4 Å². The van der Waals surface area contributed by atoms with E-state index in [2.05, 4.69) is 21.6 Å². The molecule has 1 heterocycles. The highest BCUT2D eigenvalue weighted by molar-refractivity contribution is 8.00. The van der Waals surface area contributed by atoms with Gasteiger partial charge >= 0.3 is 0 Å². The number of carbonyl (C=O) groups is 2. The van der Waals surface area contributed by atoms with Crippen LogP contribution < -0.4 is 11.1 Å². The van der Waals surface area contributed by atoms with Crippen LogP contribution in [0.1, 0.15) is 58.7 Å². The Morgan fingerprint density at radius 1 is 1.42 bits per heavy atom. The molecular formula is C17H26N6O2S. The molecule has 8 nitrogen and oxygen atoms in total. The maximum atomic E-state index is 12.5. The number of thioether (sulfide) groups is 1. The zero-order chi connectivity index (χ0) is 19.5. The molecule has 2 rings (SSSR count). The lowest BCUT2D eigenvalue weighted by molar-refractivity contribution is -0.122. The van der Waals surface area contributed by atoms with Crippen LogP contribution in [0.5, 0.6) is 0 Å². The number of nitriles is 1. The number of nitrogens with two attached hydrogens (primary N) is 1. The van der Waals surface area contributed by atoms with Gasteiger partial charge in [0.2, 0.25) is 11.8 Å². The standard InChI is InChI=1S/C17H26N6O2S/c1-10(2)17(4,9-18)20-15(25)11(3)26-16-22-21-14(12-5-6-12)23(16)8-7-13(19)24/h10-12H,5-8H2,1-4H3,(H2,19,24)(H,20,25)/t11-,17+/m0/s1. The molecule has 0 aliphatic heterocycles. The summed E-state index contributed by atoms with van der Waals surface area (Å²) in [5, 5.41) is 20.8. The first-order valence-corrected chi connectivity index (χ1v) is 9.67. The number of nitrogens with one attached hydrogen (secondary N) is 1. The second kappa shape index (κ2) is 8.08. The number of primary amides is 1. The molecule has 2 atom stereocenters. The molecule has 0 bridgehead atoms. The molecule has 0 spiro atoms. The first-order chi connectivity index (χ1) is 12.2. The minimum atomic E-state index is -0.926. The molecule has 3 N–H and O–H groups in total. The first kappa shape index (κ1) is 20.2. The highest BCUT2D eigenvalue weighted by Gasteiger charge is 2.34. The van der Waals surface area contributed by atoms with E-state index in [0.717, 1.165) is 18.7 Å². The van der Waals surface area contributed by atoms with Gasteiger partial charge in [-0.1, -0.05) is 25.6 Å². The van der Waals surface area contributed by atoms with Crippen molar-refractivity contribution in [2.45, 2.75) is 75.4 Å². The number of amides is 2. The summed E-state index contributed by atoms with van der Waals surface area (Å²) in [6.07, 6.45) is 2.32. The fourth-order valence-electron chi connectivity index (χ4n) is 2.33. The van der Waals surface area contributed by atoms with E-state index >= 15 is 0 Å². The van der Waals surface area contributed by atoms with Gasteiger partial charge in [-0.2, -0.15) is 5.26 Å². The molecule has 0 aromatic carbocycles. The van der Waals surface area contributed by atoms with E-state index in [1.165, 1.54) is 11.8 Å². The van der Waals surface area contributed by atoms with Crippen LogP contribution in [0.4, 0.5) is 0 Å².